The fourth-order valence-electron chi connectivity index (χ4n) is 3.24. The first-order valence-corrected chi connectivity index (χ1v) is 7.14. The summed E-state index contributed by atoms with van der Waals surface area (Å²) in [4.78, 5) is 16.5. The summed E-state index contributed by atoms with van der Waals surface area (Å²) in [7, 11) is 0. The van der Waals surface area contributed by atoms with Crippen LogP contribution in [-0.2, 0) is 4.74 Å². The molecule has 2 heterocycles. The maximum absolute atomic E-state index is 12.0. The van der Waals surface area contributed by atoms with Gasteiger partial charge in [0.15, 0.2) is 0 Å². The van der Waals surface area contributed by atoms with Crippen molar-refractivity contribution in [2.24, 2.45) is 11.8 Å². The molecule has 0 aromatic rings. The minimum absolute atomic E-state index is 0.130. The van der Waals surface area contributed by atoms with E-state index in [1.54, 1.807) is 0 Å². The van der Waals surface area contributed by atoms with Gasteiger partial charge >= 0.3 is 6.09 Å². The second kappa shape index (κ2) is 4.12. The molecule has 0 spiro atoms. The first-order valence-electron chi connectivity index (χ1n) is 7.14. The lowest BCUT2D eigenvalue weighted by molar-refractivity contribution is 0.0274. The second-order valence-corrected chi connectivity index (χ2v) is 7.09. The van der Waals surface area contributed by atoms with E-state index in [2.05, 4.69) is 4.90 Å². The Morgan fingerprint density at radius 1 is 1.06 bits per heavy atom. The third-order valence-electron chi connectivity index (χ3n) is 4.23. The standard InChI is InChI=1S/C14H24N2O2/c1-14(2,3)18-13(17)16-8-10-6-15(12-4-5-12)7-11(10)9-16/h10-12H,4-9H2,1-3H3. The van der Waals surface area contributed by atoms with Crippen LogP contribution in [0.25, 0.3) is 0 Å². The number of likely N-dealkylation sites (tertiary alicyclic amines) is 2. The summed E-state index contributed by atoms with van der Waals surface area (Å²) >= 11 is 0. The fraction of sp³-hybridized carbons (Fsp3) is 0.929. The number of carbonyl (C=O) groups is 1. The van der Waals surface area contributed by atoms with Crippen LogP contribution in [-0.4, -0.2) is 53.7 Å². The lowest BCUT2D eigenvalue weighted by Crippen LogP contribution is -2.37. The summed E-state index contributed by atoms with van der Waals surface area (Å²) in [6.07, 6.45) is 2.64. The highest BCUT2D eigenvalue weighted by atomic mass is 16.6. The van der Waals surface area contributed by atoms with Crippen LogP contribution < -0.4 is 0 Å². The van der Waals surface area contributed by atoms with Crippen molar-refractivity contribution >= 4 is 6.09 Å². The van der Waals surface area contributed by atoms with Crippen LogP contribution in [0.3, 0.4) is 0 Å². The van der Waals surface area contributed by atoms with Crippen molar-refractivity contribution in [3.63, 3.8) is 0 Å². The molecule has 3 aliphatic rings. The molecule has 18 heavy (non-hydrogen) atoms. The molecule has 2 unspecified atom stereocenters. The molecule has 1 saturated carbocycles. The van der Waals surface area contributed by atoms with E-state index in [0.29, 0.717) is 11.8 Å². The Morgan fingerprint density at radius 2 is 1.61 bits per heavy atom. The van der Waals surface area contributed by atoms with E-state index in [-0.39, 0.29) is 11.7 Å². The minimum Gasteiger partial charge on any atom is -0.444 e. The van der Waals surface area contributed by atoms with Crippen LogP contribution in [0, 0.1) is 11.8 Å². The van der Waals surface area contributed by atoms with Gasteiger partial charge in [-0.15, -0.1) is 0 Å². The highest BCUT2D eigenvalue weighted by molar-refractivity contribution is 5.68. The molecule has 2 aliphatic heterocycles. The number of hydrogen-bond acceptors (Lipinski definition) is 3. The highest BCUT2D eigenvalue weighted by Gasteiger charge is 2.45. The van der Waals surface area contributed by atoms with Gasteiger partial charge in [0, 0.05) is 32.2 Å². The number of nitrogens with zero attached hydrogens (tertiary/aromatic N) is 2. The third kappa shape index (κ3) is 2.48. The molecule has 2 saturated heterocycles. The molecule has 1 amide bonds. The molecule has 2 atom stereocenters. The topological polar surface area (TPSA) is 32.8 Å². The number of carbonyl (C=O) groups excluding carboxylic acids is 1. The molecule has 0 aromatic carbocycles. The van der Waals surface area contributed by atoms with Gasteiger partial charge in [0.1, 0.15) is 5.60 Å². The zero-order chi connectivity index (χ0) is 12.9. The van der Waals surface area contributed by atoms with Crippen LogP contribution in [0.4, 0.5) is 4.79 Å². The lowest BCUT2D eigenvalue weighted by atomic mass is 10.0. The molecule has 3 rings (SSSR count). The Hall–Kier alpha value is -0.770. The van der Waals surface area contributed by atoms with Gasteiger partial charge in [-0.3, -0.25) is 4.90 Å². The van der Waals surface area contributed by atoms with E-state index in [0.717, 1.165) is 19.1 Å². The molecule has 0 bridgehead atoms. The number of ether oxygens (including phenoxy) is 1. The van der Waals surface area contributed by atoms with E-state index in [1.165, 1.54) is 25.9 Å². The van der Waals surface area contributed by atoms with Crippen molar-refractivity contribution < 1.29 is 9.53 Å². The van der Waals surface area contributed by atoms with Crippen molar-refractivity contribution in [2.45, 2.75) is 45.3 Å². The highest BCUT2D eigenvalue weighted by Crippen LogP contribution is 2.38. The van der Waals surface area contributed by atoms with Crippen molar-refractivity contribution in [3.8, 4) is 0 Å². The Kier molecular flexibility index (Phi) is 2.81. The van der Waals surface area contributed by atoms with E-state index in [4.69, 9.17) is 4.74 Å². The Bertz CT molecular complexity index is 332. The van der Waals surface area contributed by atoms with Crippen molar-refractivity contribution in [1.82, 2.24) is 9.80 Å². The minimum atomic E-state index is -0.380. The molecule has 0 N–H and O–H groups in total. The molecule has 0 radical (unpaired) electrons. The number of amides is 1. The van der Waals surface area contributed by atoms with Gasteiger partial charge in [0.25, 0.3) is 0 Å². The molecule has 3 fully saturated rings. The quantitative estimate of drug-likeness (QED) is 0.715. The van der Waals surface area contributed by atoms with Crippen molar-refractivity contribution in [3.05, 3.63) is 0 Å². The average molecular weight is 252 g/mol. The molecule has 1 aliphatic carbocycles. The molecule has 4 nitrogen and oxygen atoms in total. The van der Waals surface area contributed by atoms with Crippen molar-refractivity contribution in [1.29, 1.82) is 0 Å². The van der Waals surface area contributed by atoms with Gasteiger partial charge in [0.05, 0.1) is 0 Å². The summed E-state index contributed by atoms with van der Waals surface area (Å²) in [5.74, 6) is 1.36. The van der Waals surface area contributed by atoms with E-state index in [1.807, 2.05) is 25.7 Å². The van der Waals surface area contributed by atoms with Crippen LogP contribution >= 0.6 is 0 Å². The van der Waals surface area contributed by atoms with Gasteiger partial charge in [-0.1, -0.05) is 0 Å². The fourth-order valence-corrected chi connectivity index (χ4v) is 3.24. The van der Waals surface area contributed by atoms with Gasteiger partial charge in [-0.2, -0.15) is 0 Å². The maximum atomic E-state index is 12.0. The summed E-state index contributed by atoms with van der Waals surface area (Å²) in [6.45, 7) is 9.94. The Balaban J connectivity index is 1.53. The SMILES string of the molecule is CC(C)(C)OC(=O)N1CC2CN(C3CC3)CC2C1. The van der Waals surface area contributed by atoms with Gasteiger partial charge < -0.3 is 9.64 Å². The van der Waals surface area contributed by atoms with E-state index >= 15 is 0 Å². The second-order valence-electron chi connectivity index (χ2n) is 7.09. The monoisotopic (exact) mass is 252 g/mol. The van der Waals surface area contributed by atoms with Crippen LogP contribution in [0.5, 0.6) is 0 Å². The number of hydrogen-bond donors (Lipinski definition) is 0. The van der Waals surface area contributed by atoms with Gasteiger partial charge in [-0.25, -0.2) is 4.79 Å². The predicted octanol–water partition coefficient (Wildman–Crippen LogP) is 1.95. The lowest BCUT2D eigenvalue weighted by Gasteiger charge is -2.26. The summed E-state index contributed by atoms with van der Waals surface area (Å²) in [6, 6.07) is 0.866. The molecular weight excluding hydrogens is 228 g/mol. The molecule has 4 heteroatoms. The number of rotatable bonds is 1. The van der Waals surface area contributed by atoms with Crippen molar-refractivity contribution in [2.75, 3.05) is 26.2 Å². The smallest absolute Gasteiger partial charge is 0.410 e. The maximum Gasteiger partial charge on any atom is 0.410 e. The van der Waals surface area contributed by atoms with Crippen LogP contribution in [0.1, 0.15) is 33.6 Å². The first kappa shape index (κ1) is 12.3. The summed E-state index contributed by atoms with van der Waals surface area (Å²) in [5, 5.41) is 0. The molecule has 102 valence electrons. The van der Waals surface area contributed by atoms with E-state index in [9.17, 15) is 4.79 Å². The molecule has 0 aromatic heterocycles. The third-order valence-corrected chi connectivity index (χ3v) is 4.23. The number of fused-ring (bicyclic) bond motifs is 1. The average Bonchev–Trinajstić information content (AvgIpc) is 2.86. The Morgan fingerprint density at radius 3 is 2.06 bits per heavy atom. The summed E-state index contributed by atoms with van der Waals surface area (Å²) in [5.41, 5.74) is -0.380. The zero-order valence-electron chi connectivity index (χ0n) is 11.7. The summed E-state index contributed by atoms with van der Waals surface area (Å²) < 4.78 is 5.45. The van der Waals surface area contributed by atoms with Crippen LogP contribution in [0.2, 0.25) is 0 Å². The zero-order valence-corrected chi connectivity index (χ0v) is 11.7. The first-order chi connectivity index (χ1) is 8.42. The Labute approximate surface area is 109 Å². The molecular formula is C14H24N2O2. The van der Waals surface area contributed by atoms with Gasteiger partial charge in [0.2, 0.25) is 0 Å². The predicted molar refractivity (Wildman–Crippen MR) is 69.4 cm³/mol. The largest absolute Gasteiger partial charge is 0.444 e. The van der Waals surface area contributed by atoms with Crippen LogP contribution in [0.15, 0.2) is 0 Å². The van der Waals surface area contributed by atoms with E-state index < -0.39 is 0 Å². The van der Waals surface area contributed by atoms with Gasteiger partial charge in [-0.05, 0) is 45.4 Å². The normalized spacial score (nSPS) is 32.7.